The van der Waals surface area contributed by atoms with Crippen LogP contribution in [0.3, 0.4) is 0 Å². The number of furan rings is 1. The molecule has 1 aliphatic heterocycles. The second kappa shape index (κ2) is 5.79. The summed E-state index contributed by atoms with van der Waals surface area (Å²) in [7, 11) is 0. The Morgan fingerprint density at radius 2 is 1.95 bits per heavy atom. The van der Waals surface area contributed by atoms with Crippen molar-refractivity contribution in [3.05, 3.63) is 48.4 Å². The molecule has 0 radical (unpaired) electrons. The van der Waals surface area contributed by atoms with E-state index in [1.165, 1.54) is 12.5 Å². The molecule has 20 heavy (non-hydrogen) atoms. The van der Waals surface area contributed by atoms with Crippen LogP contribution in [0.2, 0.25) is 0 Å². The predicted octanol–water partition coefficient (Wildman–Crippen LogP) is 2.37. The lowest BCUT2D eigenvalue weighted by molar-refractivity contribution is 0.102. The van der Waals surface area contributed by atoms with E-state index in [0.717, 1.165) is 24.5 Å². The minimum Gasteiger partial charge on any atom is -0.472 e. The van der Waals surface area contributed by atoms with Gasteiger partial charge in [0.1, 0.15) is 6.26 Å². The van der Waals surface area contributed by atoms with Gasteiger partial charge >= 0.3 is 0 Å². The summed E-state index contributed by atoms with van der Waals surface area (Å²) in [5.74, 6) is -0.167. The van der Waals surface area contributed by atoms with Crippen LogP contribution in [-0.4, -0.2) is 32.2 Å². The van der Waals surface area contributed by atoms with Crippen LogP contribution in [0.5, 0.6) is 0 Å². The van der Waals surface area contributed by atoms with E-state index in [-0.39, 0.29) is 5.91 Å². The first-order chi connectivity index (χ1) is 9.84. The van der Waals surface area contributed by atoms with E-state index in [1.807, 2.05) is 24.3 Å². The van der Waals surface area contributed by atoms with Crippen LogP contribution in [0.25, 0.3) is 0 Å². The van der Waals surface area contributed by atoms with Gasteiger partial charge in [0.25, 0.3) is 5.91 Å². The Hall–Kier alpha value is -2.27. The van der Waals surface area contributed by atoms with Gasteiger partial charge in [0.2, 0.25) is 0 Å². The fourth-order valence-corrected chi connectivity index (χ4v) is 2.25. The highest BCUT2D eigenvalue weighted by molar-refractivity contribution is 6.05. The number of hydrogen-bond donors (Lipinski definition) is 1. The monoisotopic (exact) mass is 272 g/mol. The topological polar surface area (TPSA) is 54.7 Å². The number of carbonyl (C=O) groups is 1. The van der Waals surface area contributed by atoms with Crippen LogP contribution in [0.4, 0.5) is 11.4 Å². The number of rotatable bonds is 3. The maximum absolute atomic E-state index is 12.1. The molecule has 1 saturated heterocycles. The first-order valence-corrected chi connectivity index (χ1v) is 6.60. The molecule has 0 bridgehead atoms. The SMILES string of the molecule is O=C(Nc1ccccc1N1CCOCC1)c1ccoc1. The first-order valence-electron chi connectivity index (χ1n) is 6.60. The Morgan fingerprint density at radius 3 is 2.70 bits per heavy atom. The van der Waals surface area contributed by atoms with E-state index < -0.39 is 0 Å². The third-order valence-corrected chi connectivity index (χ3v) is 3.29. The quantitative estimate of drug-likeness (QED) is 0.932. The summed E-state index contributed by atoms with van der Waals surface area (Å²) in [6.07, 6.45) is 2.93. The van der Waals surface area contributed by atoms with Gasteiger partial charge in [0, 0.05) is 13.1 Å². The fraction of sp³-hybridized carbons (Fsp3) is 0.267. The summed E-state index contributed by atoms with van der Waals surface area (Å²) in [6.45, 7) is 3.09. The molecule has 1 aromatic carbocycles. The number of para-hydroxylation sites is 2. The molecular weight excluding hydrogens is 256 g/mol. The van der Waals surface area contributed by atoms with Crippen molar-refractivity contribution >= 4 is 17.3 Å². The van der Waals surface area contributed by atoms with Crippen molar-refractivity contribution in [3.63, 3.8) is 0 Å². The summed E-state index contributed by atoms with van der Waals surface area (Å²) >= 11 is 0. The lowest BCUT2D eigenvalue weighted by Gasteiger charge is -2.30. The van der Waals surface area contributed by atoms with Crippen LogP contribution in [-0.2, 0) is 4.74 Å². The first kappa shape index (κ1) is 12.7. The second-order valence-electron chi connectivity index (χ2n) is 4.58. The highest BCUT2D eigenvalue weighted by Gasteiger charge is 2.16. The number of amides is 1. The molecule has 0 spiro atoms. The fourth-order valence-electron chi connectivity index (χ4n) is 2.25. The number of nitrogens with zero attached hydrogens (tertiary/aromatic N) is 1. The maximum atomic E-state index is 12.1. The van der Waals surface area contributed by atoms with E-state index in [4.69, 9.17) is 9.15 Å². The second-order valence-corrected chi connectivity index (χ2v) is 4.58. The average Bonchev–Trinajstić information content (AvgIpc) is 3.03. The molecule has 0 atom stereocenters. The molecule has 1 fully saturated rings. The van der Waals surface area contributed by atoms with E-state index in [0.29, 0.717) is 18.8 Å². The number of morpholine rings is 1. The van der Waals surface area contributed by atoms with Gasteiger partial charge < -0.3 is 19.4 Å². The molecule has 2 aromatic rings. The highest BCUT2D eigenvalue weighted by atomic mass is 16.5. The van der Waals surface area contributed by atoms with Gasteiger partial charge in [-0.15, -0.1) is 0 Å². The summed E-state index contributed by atoms with van der Waals surface area (Å²) in [5, 5.41) is 2.93. The van der Waals surface area contributed by atoms with E-state index in [1.54, 1.807) is 6.07 Å². The third kappa shape index (κ3) is 2.67. The van der Waals surface area contributed by atoms with Crippen LogP contribution in [0, 0.1) is 0 Å². The Kier molecular flexibility index (Phi) is 3.69. The molecule has 5 nitrogen and oxygen atoms in total. The molecular formula is C15H16N2O3. The lowest BCUT2D eigenvalue weighted by atomic mass is 10.2. The molecule has 0 unspecified atom stereocenters. The number of anilines is 2. The van der Waals surface area contributed by atoms with Crippen molar-refractivity contribution in [2.24, 2.45) is 0 Å². The van der Waals surface area contributed by atoms with Gasteiger partial charge in [-0.3, -0.25) is 4.79 Å². The molecule has 104 valence electrons. The van der Waals surface area contributed by atoms with E-state index >= 15 is 0 Å². The van der Waals surface area contributed by atoms with Gasteiger partial charge in [-0.05, 0) is 18.2 Å². The normalized spacial score (nSPS) is 15.1. The largest absolute Gasteiger partial charge is 0.472 e. The van der Waals surface area contributed by atoms with E-state index in [2.05, 4.69) is 10.2 Å². The number of nitrogens with one attached hydrogen (secondary N) is 1. The van der Waals surface area contributed by atoms with Crippen LogP contribution in [0.1, 0.15) is 10.4 Å². The third-order valence-electron chi connectivity index (χ3n) is 3.29. The zero-order valence-electron chi connectivity index (χ0n) is 11.0. The molecule has 1 amide bonds. The van der Waals surface area contributed by atoms with Crippen LogP contribution < -0.4 is 10.2 Å². The molecule has 1 N–H and O–H groups in total. The molecule has 0 saturated carbocycles. The van der Waals surface area contributed by atoms with Crippen molar-refractivity contribution in [2.45, 2.75) is 0 Å². The standard InChI is InChI=1S/C15H16N2O3/c18-15(12-5-8-20-11-12)16-13-3-1-2-4-14(13)17-6-9-19-10-7-17/h1-5,8,11H,6-7,9-10H2,(H,16,18). The predicted molar refractivity (Wildman–Crippen MR) is 76.1 cm³/mol. The van der Waals surface area contributed by atoms with Crippen molar-refractivity contribution in [2.75, 3.05) is 36.5 Å². The molecule has 0 aliphatic carbocycles. The summed E-state index contributed by atoms with van der Waals surface area (Å²) < 4.78 is 10.3. The molecule has 5 heteroatoms. The lowest BCUT2D eigenvalue weighted by Crippen LogP contribution is -2.36. The molecule has 2 heterocycles. The van der Waals surface area contributed by atoms with Gasteiger partial charge in [-0.2, -0.15) is 0 Å². The number of hydrogen-bond acceptors (Lipinski definition) is 4. The summed E-state index contributed by atoms with van der Waals surface area (Å²) in [5.41, 5.74) is 2.34. The van der Waals surface area contributed by atoms with Crippen molar-refractivity contribution in [3.8, 4) is 0 Å². The van der Waals surface area contributed by atoms with Crippen LogP contribution >= 0.6 is 0 Å². The van der Waals surface area contributed by atoms with Crippen molar-refractivity contribution in [1.29, 1.82) is 0 Å². The van der Waals surface area contributed by atoms with Crippen LogP contribution in [0.15, 0.2) is 47.3 Å². The number of ether oxygens (including phenoxy) is 1. The molecule has 1 aliphatic rings. The van der Waals surface area contributed by atoms with Gasteiger partial charge in [0.15, 0.2) is 0 Å². The van der Waals surface area contributed by atoms with Crippen molar-refractivity contribution < 1.29 is 13.9 Å². The molecule has 1 aromatic heterocycles. The van der Waals surface area contributed by atoms with E-state index in [9.17, 15) is 4.79 Å². The molecule has 3 rings (SSSR count). The Balaban J connectivity index is 1.80. The Bertz CT molecular complexity index is 575. The minimum atomic E-state index is -0.167. The highest BCUT2D eigenvalue weighted by Crippen LogP contribution is 2.26. The van der Waals surface area contributed by atoms with Crippen molar-refractivity contribution in [1.82, 2.24) is 0 Å². The maximum Gasteiger partial charge on any atom is 0.258 e. The van der Waals surface area contributed by atoms with Gasteiger partial charge in [-0.1, -0.05) is 12.1 Å². The smallest absolute Gasteiger partial charge is 0.258 e. The summed E-state index contributed by atoms with van der Waals surface area (Å²) in [6, 6.07) is 9.44. The number of benzene rings is 1. The Morgan fingerprint density at radius 1 is 1.15 bits per heavy atom. The number of carbonyl (C=O) groups excluding carboxylic acids is 1. The zero-order valence-corrected chi connectivity index (χ0v) is 11.0. The minimum absolute atomic E-state index is 0.167. The summed E-state index contributed by atoms with van der Waals surface area (Å²) in [4.78, 5) is 14.3. The average molecular weight is 272 g/mol. The Labute approximate surface area is 117 Å². The van der Waals surface area contributed by atoms with Gasteiger partial charge in [-0.25, -0.2) is 0 Å². The van der Waals surface area contributed by atoms with Gasteiger partial charge in [0.05, 0.1) is 36.4 Å². The zero-order chi connectivity index (χ0) is 13.8.